The Balaban J connectivity index is 2.07. The smallest absolute Gasteiger partial charge is 0.176 e. The Morgan fingerprint density at radius 3 is 2.52 bits per heavy atom. The highest BCUT2D eigenvalue weighted by atomic mass is 35.5. The topological polar surface area (TPSA) is 46.5 Å². The summed E-state index contributed by atoms with van der Waals surface area (Å²) in [5.74, 6) is 0.325. The zero-order valence-corrected chi connectivity index (χ0v) is 12.8. The number of carbonyl (C=O) groups is 1. The van der Waals surface area contributed by atoms with Gasteiger partial charge in [0, 0.05) is 12.0 Å². The average Bonchev–Trinajstić information content (AvgIpc) is 2.48. The summed E-state index contributed by atoms with van der Waals surface area (Å²) in [6, 6.07) is 10.9. The fraction of sp³-hybridized carbons (Fsp3) is 0.235. The zero-order chi connectivity index (χ0) is 15.4. The van der Waals surface area contributed by atoms with Crippen molar-refractivity contribution >= 4 is 17.4 Å². The van der Waals surface area contributed by atoms with Gasteiger partial charge in [-0.3, -0.25) is 4.79 Å². The van der Waals surface area contributed by atoms with Gasteiger partial charge in [0.1, 0.15) is 0 Å². The molecular weight excluding hydrogens is 288 g/mol. The van der Waals surface area contributed by atoms with Crippen molar-refractivity contribution in [3.8, 4) is 11.5 Å². The summed E-state index contributed by atoms with van der Waals surface area (Å²) in [5.41, 5.74) is 2.69. The molecule has 0 amide bonds. The molecule has 0 unspecified atom stereocenters. The van der Waals surface area contributed by atoms with Gasteiger partial charge in [-0.2, -0.15) is 0 Å². The molecule has 0 fully saturated rings. The second-order valence-corrected chi connectivity index (χ2v) is 5.32. The van der Waals surface area contributed by atoms with E-state index in [1.165, 1.54) is 7.11 Å². The highest BCUT2D eigenvalue weighted by Gasteiger charge is 2.11. The molecule has 0 radical (unpaired) electrons. The maximum atomic E-state index is 12.1. The molecule has 2 aromatic carbocycles. The lowest BCUT2D eigenvalue weighted by atomic mass is 10.0. The third-order valence-corrected chi connectivity index (χ3v) is 3.61. The van der Waals surface area contributed by atoms with Crippen molar-refractivity contribution in [2.75, 3.05) is 7.11 Å². The van der Waals surface area contributed by atoms with E-state index < -0.39 is 0 Å². The highest BCUT2D eigenvalue weighted by Crippen LogP contribution is 2.35. The molecule has 0 bridgehead atoms. The van der Waals surface area contributed by atoms with Gasteiger partial charge in [0.05, 0.1) is 12.1 Å². The van der Waals surface area contributed by atoms with E-state index in [1.807, 2.05) is 31.2 Å². The van der Waals surface area contributed by atoms with Gasteiger partial charge in [-0.05, 0) is 31.0 Å². The van der Waals surface area contributed by atoms with E-state index in [2.05, 4.69) is 0 Å². The van der Waals surface area contributed by atoms with Crippen LogP contribution in [0.1, 0.15) is 27.9 Å². The lowest BCUT2D eigenvalue weighted by molar-refractivity contribution is 0.0983. The number of aromatic hydroxyl groups is 1. The molecule has 21 heavy (non-hydrogen) atoms. The van der Waals surface area contributed by atoms with Crippen molar-refractivity contribution in [3.05, 3.63) is 58.1 Å². The molecule has 1 N–H and O–H groups in total. The lowest BCUT2D eigenvalue weighted by Gasteiger charge is -2.08. The molecule has 0 aliphatic rings. The van der Waals surface area contributed by atoms with E-state index in [0.29, 0.717) is 24.2 Å². The number of ether oxygens (including phenoxy) is 1. The molecule has 0 saturated heterocycles. The van der Waals surface area contributed by atoms with E-state index in [1.54, 1.807) is 12.1 Å². The van der Waals surface area contributed by atoms with E-state index in [0.717, 1.165) is 11.1 Å². The minimum atomic E-state index is -0.0761. The minimum Gasteiger partial charge on any atom is -0.503 e. The maximum absolute atomic E-state index is 12.1. The Morgan fingerprint density at radius 1 is 1.24 bits per heavy atom. The van der Waals surface area contributed by atoms with E-state index in [-0.39, 0.29) is 16.6 Å². The van der Waals surface area contributed by atoms with E-state index in [4.69, 9.17) is 16.3 Å². The first-order valence-corrected chi connectivity index (χ1v) is 7.04. The fourth-order valence-electron chi connectivity index (χ4n) is 2.07. The largest absolute Gasteiger partial charge is 0.503 e. The van der Waals surface area contributed by atoms with Crippen molar-refractivity contribution in [3.63, 3.8) is 0 Å². The van der Waals surface area contributed by atoms with Gasteiger partial charge >= 0.3 is 0 Å². The second-order valence-electron chi connectivity index (χ2n) is 4.92. The molecule has 4 heteroatoms. The van der Waals surface area contributed by atoms with Gasteiger partial charge in [0.2, 0.25) is 0 Å². The Kier molecular flexibility index (Phi) is 4.86. The SMILES string of the molecule is COc1cc(CCC(=O)c2ccc(C)cc2)cc(Cl)c1O. The van der Waals surface area contributed by atoms with Crippen LogP contribution in [0.2, 0.25) is 5.02 Å². The third kappa shape index (κ3) is 3.76. The quantitative estimate of drug-likeness (QED) is 0.843. The number of carbonyl (C=O) groups excluding carboxylic acids is 1. The van der Waals surface area contributed by atoms with Crippen LogP contribution < -0.4 is 4.74 Å². The Hall–Kier alpha value is -2.00. The van der Waals surface area contributed by atoms with Crippen LogP contribution in [0.5, 0.6) is 11.5 Å². The average molecular weight is 305 g/mol. The third-order valence-electron chi connectivity index (χ3n) is 3.32. The molecule has 2 aromatic rings. The first-order valence-electron chi connectivity index (χ1n) is 6.66. The van der Waals surface area contributed by atoms with Crippen LogP contribution >= 0.6 is 11.6 Å². The fourth-order valence-corrected chi connectivity index (χ4v) is 2.30. The molecule has 0 heterocycles. The number of phenols is 1. The number of aryl methyl sites for hydroxylation is 2. The summed E-state index contributed by atoms with van der Waals surface area (Å²) in [6.45, 7) is 1.99. The highest BCUT2D eigenvalue weighted by molar-refractivity contribution is 6.32. The monoisotopic (exact) mass is 304 g/mol. The van der Waals surface area contributed by atoms with Crippen LogP contribution in [0.15, 0.2) is 36.4 Å². The summed E-state index contributed by atoms with van der Waals surface area (Å²) < 4.78 is 5.05. The maximum Gasteiger partial charge on any atom is 0.176 e. The molecule has 0 aliphatic heterocycles. The number of hydrogen-bond acceptors (Lipinski definition) is 3. The van der Waals surface area contributed by atoms with Crippen molar-refractivity contribution in [2.24, 2.45) is 0 Å². The molecule has 0 saturated carbocycles. The Labute approximate surface area is 129 Å². The van der Waals surface area contributed by atoms with Crippen molar-refractivity contribution in [1.29, 1.82) is 0 Å². The van der Waals surface area contributed by atoms with Crippen LogP contribution in [-0.2, 0) is 6.42 Å². The van der Waals surface area contributed by atoms with Crippen LogP contribution in [-0.4, -0.2) is 18.0 Å². The number of hydrogen-bond donors (Lipinski definition) is 1. The summed E-state index contributed by atoms with van der Waals surface area (Å²) in [7, 11) is 1.46. The van der Waals surface area contributed by atoms with Crippen LogP contribution in [0.4, 0.5) is 0 Å². The molecule has 0 aromatic heterocycles. The predicted octanol–water partition coefficient (Wildman–Crippen LogP) is 4.18. The number of halogens is 1. The van der Waals surface area contributed by atoms with Gasteiger partial charge in [-0.15, -0.1) is 0 Å². The van der Waals surface area contributed by atoms with Crippen molar-refractivity contribution < 1.29 is 14.6 Å². The van der Waals surface area contributed by atoms with Crippen molar-refractivity contribution in [2.45, 2.75) is 19.8 Å². The number of Topliss-reactive ketones (excluding diaryl/α,β-unsaturated/α-hetero) is 1. The summed E-state index contributed by atoms with van der Waals surface area (Å²) in [4.78, 5) is 12.1. The summed E-state index contributed by atoms with van der Waals surface area (Å²) in [6.07, 6.45) is 0.927. The molecule has 0 spiro atoms. The van der Waals surface area contributed by atoms with Crippen LogP contribution in [0.3, 0.4) is 0 Å². The van der Waals surface area contributed by atoms with Crippen LogP contribution in [0, 0.1) is 6.92 Å². The van der Waals surface area contributed by atoms with Crippen molar-refractivity contribution in [1.82, 2.24) is 0 Å². The lowest BCUT2D eigenvalue weighted by Crippen LogP contribution is -2.01. The molecule has 0 atom stereocenters. The first kappa shape index (κ1) is 15.4. The second kappa shape index (κ2) is 6.64. The van der Waals surface area contributed by atoms with E-state index >= 15 is 0 Å². The van der Waals surface area contributed by atoms with E-state index in [9.17, 15) is 9.90 Å². The Morgan fingerprint density at radius 2 is 1.90 bits per heavy atom. The normalized spacial score (nSPS) is 10.4. The summed E-state index contributed by atoms with van der Waals surface area (Å²) >= 11 is 5.93. The zero-order valence-electron chi connectivity index (χ0n) is 12.0. The molecular formula is C17H17ClO3. The molecule has 110 valence electrons. The molecule has 0 aliphatic carbocycles. The number of ketones is 1. The standard InChI is InChI=1S/C17H17ClO3/c1-11-3-6-13(7-4-11)15(19)8-5-12-9-14(18)17(20)16(10-12)21-2/h3-4,6-7,9-10,20H,5,8H2,1-2H3. The number of benzene rings is 2. The van der Waals surface area contributed by atoms with Gasteiger partial charge in [-0.1, -0.05) is 41.4 Å². The van der Waals surface area contributed by atoms with Gasteiger partial charge in [0.15, 0.2) is 17.3 Å². The Bertz CT molecular complexity index is 648. The molecule has 3 nitrogen and oxygen atoms in total. The van der Waals surface area contributed by atoms with Crippen LogP contribution in [0.25, 0.3) is 0 Å². The van der Waals surface area contributed by atoms with Gasteiger partial charge in [-0.25, -0.2) is 0 Å². The number of methoxy groups -OCH3 is 1. The minimum absolute atomic E-state index is 0.0761. The predicted molar refractivity (Wildman–Crippen MR) is 83.5 cm³/mol. The van der Waals surface area contributed by atoms with Gasteiger partial charge < -0.3 is 9.84 Å². The molecule has 2 rings (SSSR count). The number of rotatable bonds is 5. The summed E-state index contributed by atoms with van der Waals surface area (Å²) in [5, 5.41) is 9.91. The first-order chi connectivity index (χ1) is 10.0. The number of phenolic OH excluding ortho intramolecular Hbond substituents is 1. The van der Waals surface area contributed by atoms with Gasteiger partial charge in [0.25, 0.3) is 0 Å².